The number of rotatable bonds is 8. The highest BCUT2D eigenvalue weighted by Crippen LogP contribution is 2.37. The molecule has 7 nitrogen and oxygen atoms in total. The van der Waals surface area contributed by atoms with E-state index in [0.717, 1.165) is 10.0 Å². The number of aromatic nitrogens is 1. The Morgan fingerprint density at radius 2 is 1.74 bits per heavy atom. The first-order valence-electron chi connectivity index (χ1n) is 10.8. The summed E-state index contributed by atoms with van der Waals surface area (Å²) in [5.41, 5.74) is 1.55. The Bertz CT molecular complexity index is 1460. The maximum absolute atomic E-state index is 14.1. The lowest BCUT2D eigenvalue weighted by Gasteiger charge is -2.27. The summed E-state index contributed by atoms with van der Waals surface area (Å²) in [5.74, 6) is -0.121. The molecule has 0 spiro atoms. The number of hydrogen-bond donors (Lipinski definition) is 0. The maximum Gasteiger partial charge on any atom is 0.341 e. The summed E-state index contributed by atoms with van der Waals surface area (Å²) < 4.78 is 40.6. The molecule has 0 aliphatic heterocycles. The Labute approximate surface area is 212 Å². The van der Waals surface area contributed by atoms with Crippen LogP contribution in [0, 0.1) is 0 Å². The quantitative estimate of drug-likeness (QED) is 0.264. The average molecular weight is 555 g/mol. The molecular formula is C26H23BrN2O5S. The zero-order chi connectivity index (χ0) is 25.0. The summed E-state index contributed by atoms with van der Waals surface area (Å²) in [5, 5.41) is 0.498. The Balaban J connectivity index is 2.01. The number of sulfonamides is 1. The van der Waals surface area contributed by atoms with Crippen molar-refractivity contribution >= 4 is 48.5 Å². The SMILES string of the molecule is CCOC(=O)c1cnc2ccc(Br)cc2c1N(Cc1ccccc1)S(=O)(=O)c1ccc(OC)cc1. The maximum atomic E-state index is 14.1. The number of anilines is 1. The van der Waals surface area contributed by atoms with Crippen molar-refractivity contribution in [1.29, 1.82) is 0 Å². The van der Waals surface area contributed by atoms with Gasteiger partial charge < -0.3 is 9.47 Å². The molecule has 35 heavy (non-hydrogen) atoms. The molecule has 9 heteroatoms. The molecule has 0 aliphatic carbocycles. The summed E-state index contributed by atoms with van der Waals surface area (Å²) in [4.78, 5) is 17.4. The molecule has 0 bridgehead atoms. The lowest BCUT2D eigenvalue weighted by Crippen LogP contribution is -2.32. The summed E-state index contributed by atoms with van der Waals surface area (Å²) in [6.45, 7) is 1.82. The zero-order valence-electron chi connectivity index (χ0n) is 19.1. The van der Waals surface area contributed by atoms with E-state index in [4.69, 9.17) is 9.47 Å². The number of ether oxygens (including phenoxy) is 2. The van der Waals surface area contributed by atoms with E-state index in [2.05, 4.69) is 20.9 Å². The largest absolute Gasteiger partial charge is 0.497 e. The van der Waals surface area contributed by atoms with E-state index in [0.29, 0.717) is 16.7 Å². The number of fused-ring (bicyclic) bond motifs is 1. The summed E-state index contributed by atoms with van der Waals surface area (Å²) >= 11 is 3.46. The van der Waals surface area contributed by atoms with Crippen LogP contribution in [0.2, 0.25) is 0 Å². The minimum atomic E-state index is -4.13. The van der Waals surface area contributed by atoms with Gasteiger partial charge in [0.25, 0.3) is 10.0 Å². The van der Waals surface area contributed by atoms with Crippen molar-refractivity contribution in [2.75, 3.05) is 18.0 Å². The highest BCUT2D eigenvalue weighted by molar-refractivity contribution is 9.10. The molecular weight excluding hydrogens is 532 g/mol. The molecule has 0 amide bonds. The fourth-order valence-electron chi connectivity index (χ4n) is 3.69. The lowest BCUT2D eigenvalue weighted by atomic mass is 10.1. The molecule has 0 radical (unpaired) electrons. The van der Waals surface area contributed by atoms with Crippen LogP contribution in [-0.4, -0.2) is 33.1 Å². The smallest absolute Gasteiger partial charge is 0.341 e. The van der Waals surface area contributed by atoms with E-state index >= 15 is 0 Å². The first kappa shape index (κ1) is 24.7. The second-order valence-electron chi connectivity index (χ2n) is 7.58. The Morgan fingerprint density at radius 3 is 2.40 bits per heavy atom. The van der Waals surface area contributed by atoms with Crippen LogP contribution < -0.4 is 9.04 Å². The predicted octanol–water partition coefficient (Wildman–Crippen LogP) is 5.58. The van der Waals surface area contributed by atoms with Gasteiger partial charge in [0.05, 0.1) is 36.4 Å². The van der Waals surface area contributed by atoms with Crippen LogP contribution in [0.4, 0.5) is 5.69 Å². The van der Waals surface area contributed by atoms with Crippen LogP contribution in [0.25, 0.3) is 10.9 Å². The van der Waals surface area contributed by atoms with E-state index in [1.807, 2.05) is 36.4 Å². The second-order valence-corrected chi connectivity index (χ2v) is 10.4. The highest BCUT2D eigenvalue weighted by atomic mass is 79.9. The molecule has 0 saturated heterocycles. The molecule has 1 heterocycles. The monoisotopic (exact) mass is 554 g/mol. The Morgan fingerprint density at radius 1 is 1.03 bits per heavy atom. The molecule has 1 aromatic heterocycles. The number of carbonyl (C=O) groups is 1. The van der Waals surface area contributed by atoms with Crippen molar-refractivity contribution in [2.24, 2.45) is 0 Å². The number of hydrogen-bond acceptors (Lipinski definition) is 6. The first-order chi connectivity index (χ1) is 16.8. The van der Waals surface area contributed by atoms with Gasteiger partial charge in [0.15, 0.2) is 0 Å². The van der Waals surface area contributed by atoms with Gasteiger partial charge in [0, 0.05) is 16.1 Å². The van der Waals surface area contributed by atoms with E-state index in [-0.39, 0.29) is 29.3 Å². The van der Waals surface area contributed by atoms with Gasteiger partial charge in [-0.25, -0.2) is 13.2 Å². The normalized spacial score (nSPS) is 11.3. The van der Waals surface area contributed by atoms with Crippen LogP contribution >= 0.6 is 15.9 Å². The third-order valence-electron chi connectivity index (χ3n) is 5.36. The predicted molar refractivity (Wildman–Crippen MR) is 138 cm³/mol. The zero-order valence-corrected chi connectivity index (χ0v) is 21.5. The van der Waals surface area contributed by atoms with Gasteiger partial charge in [0.1, 0.15) is 11.3 Å². The number of halogens is 1. The molecule has 0 atom stereocenters. The fourth-order valence-corrected chi connectivity index (χ4v) is 5.54. The topological polar surface area (TPSA) is 85.8 Å². The number of nitrogens with zero attached hydrogens (tertiary/aromatic N) is 2. The van der Waals surface area contributed by atoms with Gasteiger partial charge in [0.2, 0.25) is 0 Å². The lowest BCUT2D eigenvalue weighted by molar-refractivity contribution is 0.0527. The Kier molecular flexibility index (Phi) is 7.37. The van der Waals surface area contributed by atoms with Gasteiger partial charge in [-0.1, -0.05) is 46.3 Å². The molecule has 0 aliphatic rings. The molecule has 4 aromatic rings. The number of benzene rings is 3. The van der Waals surface area contributed by atoms with Gasteiger partial charge in [-0.05, 0) is 55.0 Å². The summed E-state index contributed by atoms with van der Waals surface area (Å²) in [6, 6.07) is 20.6. The van der Waals surface area contributed by atoms with Crippen LogP contribution in [0.5, 0.6) is 5.75 Å². The van der Waals surface area contributed by atoms with Crippen LogP contribution in [0.15, 0.2) is 88.4 Å². The van der Waals surface area contributed by atoms with Crippen molar-refractivity contribution in [3.05, 3.63) is 94.6 Å². The second kappa shape index (κ2) is 10.5. The molecule has 0 saturated carbocycles. The minimum absolute atomic E-state index is 0.00671. The molecule has 180 valence electrons. The molecule has 0 fully saturated rings. The standard InChI is InChI=1S/C26H23BrN2O5S/c1-3-34-26(30)23-16-28-24-14-9-19(27)15-22(24)25(23)29(17-18-7-5-4-6-8-18)35(31,32)21-12-10-20(33-2)11-13-21/h4-16H,3,17H2,1-2H3. The van der Waals surface area contributed by atoms with E-state index in [1.54, 1.807) is 31.2 Å². The summed E-state index contributed by atoms with van der Waals surface area (Å²) in [7, 11) is -2.61. The molecule has 0 unspecified atom stereocenters. The number of pyridine rings is 1. The average Bonchev–Trinajstić information content (AvgIpc) is 2.87. The Hall–Kier alpha value is -3.43. The van der Waals surface area contributed by atoms with Crippen LogP contribution in [-0.2, 0) is 21.3 Å². The van der Waals surface area contributed by atoms with Gasteiger partial charge in [-0.2, -0.15) is 0 Å². The molecule has 0 N–H and O–H groups in total. The number of methoxy groups -OCH3 is 1. The minimum Gasteiger partial charge on any atom is -0.497 e. The fraction of sp³-hybridized carbons (Fsp3) is 0.154. The molecule has 4 rings (SSSR count). The van der Waals surface area contributed by atoms with Crippen molar-refractivity contribution in [3.63, 3.8) is 0 Å². The van der Waals surface area contributed by atoms with E-state index < -0.39 is 16.0 Å². The summed E-state index contributed by atoms with van der Waals surface area (Å²) in [6.07, 6.45) is 1.37. The van der Waals surface area contributed by atoms with Crippen molar-refractivity contribution in [3.8, 4) is 5.75 Å². The van der Waals surface area contributed by atoms with E-state index in [1.165, 1.54) is 29.7 Å². The highest BCUT2D eigenvalue weighted by Gasteiger charge is 2.31. The van der Waals surface area contributed by atoms with Crippen molar-refractivity contribution in [2.45, 2.75) is 18.4 Å². The van der Waals surface area contributed by atoms with Crippen LogP contribution in [0.3, 0.4) is 0 Å². The third kappa shape index (κ3) is 5.16. The van der Waals surface area contributed by atoms with Crippen LogP contribution in [0.1, 0.15) is 22.8 Å². The number of carbonyl (C=O) groups excluding carboxylic acids is 1. The van der Waals surface area contributed by atoms with Crippen molar-refractivity contribution < 1.29 is 22.7 Å². The third-order valence-corrected chi connectivity index (χ3v) is 7.62. The number of esters is 1. The van der Waals surface area contributed by atoms with E-state index in [9.17, 15) is 13.2 Å². The van der Waals surface area contributed by atoms with Gasteiger partial charge >= 0.3 is 5.97 Å². The van der Waals surface area contributed by atoms with Gasteiger partial charge in [-0.3, -0.25) is 9.29 Å². The van der Waals surface area contributed by atoms with Crippen molar-refractivity contribution in [1.82, 2.24) is 4.98 Å². The van der Waals surface area contributed by atoms with Gasteiger partial charge in [-0.15, -0.1) is 0 Å². The first-order valence-corrected chi connectivity index (χ1v) is 13.0. The molecule has 3 aromatic carbocycles.